The number of benzene rings is 2. The third-order valence-electron chi connectivity index (χ3n) is 4.92. The second-order valence-electron chi connectivity index (χ2n) is 7.14. The molecule has 1 amide bonds. The number of hydrogen-bond acceptors (Lipinski definition) is 5. The number of carboxylic acid groups (broad SMARTS) is 1. The monoisotopic (exact) mass is 469 g/mol. The topological polar surface area (TPSA) is 84.9 Å². The summed E-state index contributed by atoms with van der Waals surface area (Å²) < 4.78 is 45.8. The summed E-state index contributed by atoms with van der Waals surface area (Å²) in [4.78, 5) is 23.6. The normalized spacial score (nSPS) is 13.8. The van der Waals surface area contributed by atoms with Crippen LogP contribution in [0.3, 0.4) is 0 Å². The number of aliphatic carboxylic acids is 1. The van der Waals surface area contributed by atoms with E-state index in [0.717, 1.165) is 34.0 Å². The first-order valence-electron chi connectivity index (χ1n) is 9.83. The Morgan fingerprint density at radius 3 is 2.22 bits per heavy atom. The first kappa shape index (κ1) is 23.9. The van der Waals surface area contributed by atoms with Crippen LogP contribution >= 0.6 is 11.8 Å². The average Bonchev–Trinajstić information content (AvgIpc) is 3.07. The molecule has 1 aliphatic carbocycles. The van der Waals surface area contributed by atoms with Crippen molar-refractivity contribution in [3.05, 3.63) is 59.7 Å². The lowest BCUT2D eigenvalue weighted by Gasteiger charge is -2.17. The van der Waals surface area contributed by atoms with Gasteiger partial charge in [-0.2, -0.15) is 13.2 Å². The third kappa shape index (κ3) is 6.39. The van der Waals surface area contributed by atoms with Crippen LogP contribution in [0.5, 0.6) is 0 Å². The molecule has 0 radical (unpaired) electrons. The molecule has 32 heavy (non-hydrogen) atoms. The Morgan fingerprint density at radius 1 is 1.06 bits per heavy atom. The van der Waals surface area contributed by atoms with Crippen LogP contribution in [-0.4, -0.2) is 54.3 Å². The molecule has 3 rings (SSSR count). The van der Waals surface area contributed by atoms with E-state index in [9.17, 15) is 27.9 Å². The molecule has 0 heterocycles. The van der Waals surface area contributed by atoms with Gasteiger partial charge in [0.2, 0.25) is 0 Å². The second-order valence-corrected chi connectivity index (χ2v) is 8.19. The van der Waals surface area contributed by atoms with Gasteiger partial charge in [-0.25, -0.2) is 9.59 Å². The molecule has 1 aliphatic rings. The zero-order chi connectivity index (χ0) is 23.1. The third-order valence-corrected chi connectivity index (χ3v) is 5.77. The zero-order valence-corrected chi connectivity index (χ0v) is 17.7. The number of halogens is 3. The molecule has 1 unspecified atom stereocenters. The Hall–Kier alpha value is -2.72. The summed E-state index contributed by atoms with van der Waals surface area (Å²) in [5.41, 5.74) is 4.22. The number of alkyl carbamates (subject to hydrolysis) is 1. The maximum absolute atomic E-state index is 12.2. The fourth-order valence-corrected chi connectivity index (χ4v) is 4.24. The Balaban J connectivity index is 1.48. The number of amides is 1. The highest BCUT2D eigenvalue weighted by atomic mass is 32.2. The van der Waals surface area contributed by atoms with Gasteiger partial charge in [0.1, 0.15) is 19.3 Å². The summed E-state index contributed by atoms with van der Waals surface area (Å²) in [5.74, 6) is -1.44. The van der Waals surface area contributed by atoms with E-state index in [0.29, 0.717) is 0 Å². The van der Waals surface area contributed by atoms with Crippen molar-refractivity contribution in [2.45, 2.75) is 24.6 Å². The molecular weight excluding hydrogens is 447 g/mol. The Morgan fingerprint density at radius 2 is 1.66 bits per heavy atom. The van der Waals surface area contributed by atoms with Crippen molar-refractivity contribution >= 4 is 23.8 Å². The number of nitrogens with one attached hydrogen (secondary N) is 1. The van der Waals surface area contributed by atoms with Gasteiger partial charge in [0.15, 0.2) is 0 Å². The van der Waals surface area contributed by atoms with Crippen LogP contribution in [0.15, 0.2) is 48.5 Å². The predicted molar refractivity (Wildman–Crippen MR) is 114 cm³/mol. The fourth-order valence-electron chi connectivity index (χ4n) is 3.52. The summed E-state index contributed by atoms with van der Waals surface area (Å²) >= 11 is 1.01. The van der Waals surface area contributed by atoms with E-state index in [-0.39, 0.29) is 30.6 Å². The quantitative estimate of drug-likeness (QED) is 0.390. The smallest absolute Gasteiger partial charge is 0.411 e. The van der Waals surface area contributed by atoms with Crippen molar-refractivity contribution in [3.63, 3.8) is 0 Å². The van der Waals surface area contributed by atoms with Gasteiger partial charge in [-0.05, 0) is 34.4 Å². The summed E-state index contributed by atoms with van der Waals surface area (Å²) in [6, 6.07) is 14.4. The van der Waals surface area contributed by atoms with E-state index in [1.807, 2.05) is 48.5 Å². The molecular formula is C22H22F3NO5S. The lowest BCUT2D eigenvalue weighted by molar-refractivity contribution is -0.168. The number of rotatable bonds is 10. The van der Waals surface area contributed by atoms with E-state index < -0.39 is 30.9 Å². The van der Waals surface area contributed by atoms with E-state index >= 15 is 0 Å². The summed E-state index contributed by atoms with van der Waals surface area (Å²) in [6.45, 7) is -1.31. The highest BCUT2D eigenvalue weighted by Gasteiger charge is 2.30. The molecule has 10 heteroatoms. The van der Waals surface area contributed by atoms with Gasteiger partial charge in [0, 0.05) is 5.92 Å². The number of fused-ring (bicyclic) bond motifs is 3. The van der Waals surface area contributed by atoms with E-state index in [1.54, 1.807) is 0 Å². The van der Waals surface area contributed by atoms with Crippen molar-refractivity contribution in [3.8, 4) is 11.1 Å². The predicted octanol–water partition coefficient (Wildman–Crippen LogP) is 4.64. The maximum atomic E-state index is 12.2. The van der Waals surface area contributed by atoms with Gasteiger partial charge in [-0.15, -0.1) is 11.8 Å². The molecule has 6 nitrogen and oxygen atoms in total. The standard InChI is InChI=1S/C22H22F3NO5S/c23-22(24,25)12-30-13-32-10-9-19(20(27)28)26-21(29)31-11-18-16-7-3-1-5-14(16)15-6-2-4-8-17(15)18/h1-8,18-19H,9-13H2,(H,26,29)(H,27,28). The number of alkyl halides is 3. The molecule has 0 aromatic heterocycles. The van der Waals surface area contributed by atoms with Gasteiger partial charge in [0.05, 0.1) is 5.94 Å². The largest absolute Gasteiger partial charge is 0.480 e. The van der Waals surface area contributed by atoms with Crippen LogP contribution < -0.4 is 5.32 Å². The highest BCUT2D eigenvalue weighted by Crippen LogP contribution is 2.44. The zero-order valence-electron chi connectivity index (χ0n) is 16.9. The van der Waals surface area contributed by atoms with Gasteiger partial charge >= 0.3 is 18.2 Å². The molecule has 2 aromatic rings. The van der Waals surface area contributed by atoms with Crippen molar-refractivity contribution in [1.29, 1.82) is 0 Å². The van der Waals surface area contributed by atoms with Crippen LogP contribution in [0, 0.1) is 0 Å². The molecule has 172 valence electrons. The van der Waals surface area contributed by atoms with Crippen LogP contribution in [0.4, 0.5) is 18.0 Å². The van der Waals surface area contributed by atoms with Crippen LogP contribution in [0.1, 0.15) is 23.5 Å². The molecule has 0 bridgehead atoms. The first-order chi connectivity index (χ1) is 15.3. The summed E-state index contributed by atoms with van der Waals surface area (Å²) in [6.07, 6.45) is -5.26. The molecule has 0 saturated carbocycles. The van der Waals surface area contributed by atoms with Crippen molar-refractivity contribution < 1.29 is 37.3 Å². The van der Waals surface area contributed by atoms with Crippen molar-refractivity contribution in [2.75, 3.05) is 24.9 Å². The average molecular weight is 469 g/mol. The Kier molecular flexibility index (Phi) is 8.03. The van der Waals surface area contributed by atoms with E-state index in [2.05, 4.69) is 10.1 Å². The molecule has 1 atom stereocenters. The minimum Gasteiger partial charge on any atom is -0.480 e. The number of carbonyl (C=O) groups is 2. The lowest BCUT2D eigenvalue weighted by Crippen LogP contribution is -2.41. The molecule has 0 saturated heterocycles. The summed E-state index contributed by atoms with van der Waals surface area (Å²) in [5, 5.41) is 11.6. The number of ether oxygens (including phenoxy) is 2. The van der Waals surface area contributed by atoms with Crippen LogP contribution in [-0.2, 0) is 14.3 Å². The van der Waals surface area contributed by atoms with Gasteiger partial charge in [0.25, 0.3) is 0 Å². The van der Waals surface area contributed by atoms with E-state index in [1.165, 1.54) is 0 Å². The molecule has 2 N–H and O–H groups in total. The molecule has 0 fully saturated rings. The fraction of sp³-hybridized carbons (Fsp3) is 0.364. The SMILES string of the molecule is O=C(NC(CCSCOCC(F)(F)F)C(=O)O)OCC1c2ccccc2-c2ccccc21. The lowest BCUT2D eigenvalue weighted by atomic mass is 9.98. The Labute approximate surface area is 187 Å². The molecule has 0 aliphatic heterocycles. The molecule has 0 spiro atoms. The van der Waals surface area contributed by atoms with E-state index in [4.69, 9.17) is 4.74 Å². The minimum atomic E-state index is -4.41. The van der Waals surface area contributed by atoms with Crippen molar-refractivity contribution in [2.24, 2.45) is 0 Å². The minimum absolute atomic E-state index is 0.0135. The number of hydrogen-bond donors (Lipinski definition) is 2. The van der Waals surface area contributed by atoms with Crippen LogP contribution in [0.2, 0.25) is 0 Å². The number of carbonyl (C=O) groups excluding carboxylic acids is 1. The maximum Gasteiger partial charge on any atom is 0.411 e. The first-order valence-corrected chi connectivity index (χ1v) is 11.0. The summed E-state index contributed by atoms with van der Waals surface area (Å²) in [7, 11) is 0. The van der Waals surface area contributed by atoms with Crippen molar-refractivity contribution in [1.82, 2.24) is 5.32 Å². The second kappa shape index (κ2) is 10.7. The van der Waals surface area contributed by atoms with Gasteiger partial charge < -0.3 is 19.9 Å². The number of thioether (sulfide) groups is 1. The highest BCUT2D eigenvalue weighted by molar-refractivity contribution is 7.99. The Bertz CT molecular complexity index is 908. The van der Waals surface area contributed by atoms with Gasteiger partial charge in [-0.3, -0.25) is 0 Å². The van der Waals surface area contributed by atoms with Gasteiger partial charge in [-0.1, -0.05) is 48.5 Å². The number of carboxylic acids is 1. The molecule has 2 aromatic carbocycles. The van der Waals surface area contributed by atoms with Crippen LogP contribution in [0.25, 0.3) is 11.1 Å².